The van der Waals surface area contributed by atoms with Crippen LogP contribution < -0.4 is 14.9 Å². The molecule has 0 aliphatic carbocycles. The third-order valence-corrected chi connectivity index (χ3v) is 6.64. The van der Waals surface area contributed by atoms with Crippen molar-refractivity contribution in [3.05, 3.63) is 59.7 Å². The molecule has 1 aliphatic rings. The van der Waals surface area contributed by atoms with Crippen LogP contribution in [0.2, 0.25) is 0 Å². The van der Waals surface area contributed by atoms with Gasteiger partial charge in [0.15, 0.2) is 0 Å². The van der Waals surface area contributed by atoms with E-state index >= 15 is 0 Å². The second-order valence-electron chi connectivity index (χ2n) is 8.21. The van der Waals surface area contributed by atoms with Crippen LogP contribution >= 0.6 is 0 Å². The molecule has 178 valence electrons. The molecule has 0 spiro atoms. The van der Waals surface area contributed by atoms with Crippen molar-refractivity contribution in [3.8, 4) is 0 Å². The largest absolute Gasteiger partial charge is 0.376 e. The third-order valence-electron chi connectivity index (χ3n) is 5.45. The number of amides is 2. The average molecular weight is 474 g/mol. The number of hydrogen-bond acceptors (Lipinski definition) is 5. The van der Waals surface area contributed by atoms with Crippen molar-refractivity contribution in [2.45, 2.75) is 38.7 Å². The fourth-order valence-electron chi connectivity index (χ4n) is 3.69. The summed E-state index contributed by atoms with van der Waals surface area (Å²) in [5.41, 5.74) is 2.40. The van der Waals surface area contributed by atoms with Crippen LogP contribution in [-0.4, -0.2) is 52.3 Å². The van der Waals surface area contributed by atoms with Gasteiger partial charge in [-0.3, -0.25) is 13.9 Å². The van der Waals surface area contributed by atoms with Gasteiger partial charge in [-0.15, -0.1) is 0 Å². The smallest absolute Gasteiger partial charge is 0.253 e. The van der Waals surface area contributed by atoms with E-state index in [1.165, 1.54) is 4.31 Å². The number of carbonyl (C=O) groups is 2. The zero-order chi connectivity index (χ0) is 23.8. The van der Waals surface area contributed by atoms with Crippen LogP contribution in [0.1, 0.15) is 41.6 Å². The zero-order valence-electron chi connectivity index (χ0n) is 19.0. The normalized spacial score (nSPS) is 15.8. The van der Waals surface area contributed by atoms with Crippen LogP contribution in [0.3, 0.4) is 0 Å². The molecule has 2 amide bonds. The molecule has 1 saturated heterocycles. The number of anilines is 2. The summed E-state index contributed by atoms with van der Waals surface area (Å²) in [5.74, 6) is -0.559. The van der Waals surface area contributed by atoms with E-state index in [0.717, 1.165) is 24.7 Å². The van der Waals surface area contributed by atoms with E-state index in [9.17, 15) is 18.0 Å². The number of nitrogens with one attached hydrogen (secondary N) is 2. The van der Waals surface area contributed by atoms with Gasteiger partial charge in [0.25, 0.3) is 5.91 Å². The Labute approximate surface area is 195 Å². The van der Waals surface area contributed by atoms with Gasteiger partial charge in [0.2, 0.25) is 15.9 Å². The molecule has 0 unspecified atom stereocenters. The summed E-state index contributed by atoms with van der Waals surface area (Å²) < 4.78 is 31.3. The Morgan fingerprint density at radius 3 is 2.52 bits per heavy atom. The van der Waals surface area contributed by atoms with Crippen LogP contribution in [0.4, 0.5) is 11.4 Å². The summed E-state index contributed by atoms with van der Waals surface area (Å²) in [4.78, 5) is 25.1. The third kappa shape index (κ3) is 7.30. The Bertz CT molecular complexity index is 1060. The van der Waals surface area contributed by atoms with Gasteiger partial charge in [-0.2, -0.15) is 0 Å². The molecule has 8 nitrogen and oxygen atoms in total. The molecule has 2 aromatic rings. The van der Waals surface area contributed by atoms with Crippen molar-refractivity contribution in [1.82, 2.24) is 5.32 Å². The first kappa shape index (κ1) is 24.7. The first-order valence-corrected chi connectivity index (χ1v) is 12.9. The Morgan fingerprint density at radius 2 is 1.85 bits per heavy atom. The van der Waals surface area contributed by atoms with Crippen LogP contribution in [0.25, 0.3) is 0 Å². The highest BCUT2D eigenvalue weighted by Crippen LogP contribution is 2.20. The van der Waals surface area contributed by atoms with Gasteiger partial charge in [0.05, 0.1) is 29.3 Å². The molecule has 3 rings (SSSR count). The van der Waals surface area contributed by atoms with E-state index in [1.807, 2.05) is 19.1 Å². The van der Waals surface area contributed by atoms with E-state index < -0.39 is 10.0 Å². The van der Waals surface area contributed by atoms with Gasteiger partial charge >= 0.3 is 0 Å². The molecule has 0 aromatic heterocycles. The maximum absolute atomic E-state index is 12.6. The van der Waals surface area contributed by atoms with Crippen molar-refractivity contribution < 1.29 is 22.7 Å². The second kappa shape index (κ2) is 11.3. The number of aryl methyl sites for hydroxylation is 1. The summed E-state index contributed by atoms with van der Waals surface area (Å²) in [6.45, 7) is 3.26. The number of carbonyl (C=O) groups excluding carboxylic acids is 2. The lowest BCUT2D eigenvalue weighted by Gasteiger charge is -2.22. The molecule has 1 fully saturated rings. The minimum Gasteiger partial charge on any atom is -0.376 e. The first-order chi connectivity index (χ1) is 15.7. The Balaban J connectivity index is 1.56. The van der Waals surface area contributed by atoms with Crippen LogP contribution in [0, 0.1) is 6.92 Å². The first-order valence-electron chi connectivity index (χ1n) is 11.1. The standard InChI is InChI=1S/C24H31N3O5S/c1-18-11-13-19(14-12-18)27(33(2,30)31)15-5-10-23(28)26-22-9-4-3-8-21(22)24(29)25-17-20-7-6-16-32-20/h3-4,8-9,11-14,20H,5-7,10,15-17H2,1-2H3,(H,25,29)(H,26,28)/t20-/m0/s1. The van der Waals surface area contributed by atoms with Crippen molar-refractivity contribution in [3.63, 3.8) is 0 Å². The molecule has 2 aromatic carbocycles. The highest BCUT2D eigenvalue weighted by molar-refractivity contribution is 7.92. The molecule has 33 heavy (non-hydrogen) atoms. The molecule has 2 N–H and O–H groups in total. The van der Waals surface area contributed by atoms with E-state index in [2.05, 4.69) is 10.6 Å². The fourth-order valence-corrected chi connectivity index (χ4v) is 4.66. The lowest BCUT2D eigenvalue weighted by atomic mass is 10.1. The lowest BCUT2D eigenvalue weighted by Crippen LogP contribution is -2.32. The van der Waals surface area contributed by atoms with E-state index in [1.54, 1.807) is 36.4 Å². The van der Waals surface area contributed by atoms with Crippen LogP contribution in [-0.2, 0) is 19.6 Å². The molecular weight excluding hydrogens is 442 g/mol. The summed E-state index contributed by atoms with van der Waals surface area (Å²) in [7, 11) is -3.48. The van der Waals surface area contributed by atoms with Crippen molar-refractivity contribution in [2.24, 2.45) is 0 Å². The van der Waals surface area contributed by atoms with Gasteiger partial charge < -0.3 is 15.4 Å². The monoisotopic (exact) mass is 473 g/mol. The minimum atomic E-state index is -3.48. The second-order valence-corrected chi connectivity index (χ2v) is 10.1. The number of hydrogen-bond donors (Lipinski definition) is 2. The predicted octanol–water partition coefficient (Wildman–Crippen LogP) is 3.09. The van der Waals surface area contributed by atoms with E-state index in [0.29, 0.717) is 36.5 Å². The summed E-state index contributed by atoms with van der Waals surface area (Å²) in [5, 5.41) is 5.64. The van der Waals surface area contributed by atoms with Gasteiger partial charge in [0.1, 0.15) is 0 Å². The molecule has 0 saturated carbocycles. The lowest BCUT2D eigenvalue weighted by molar-refractivity contribution is -0.116. The molecule has 0 bridgehead atoms. The molecule has 1 heterocycles. The van der Waals surface area contributed by atoms with Crippen LogP contribution in [0.15, 0.2) is 48.5 Å². The van der Waals surface area contributed by atoms with Gasteiger partial charge in [0, 0.05) is 26.1 Å². The quantitative estimate of drug-likeness (QED) is 0.552. The predicted molar refractivity (Wildman–Crippen MR) is 129 cm³/mol. The van der Waals surface area contributed by atoms with Crippen molar-refractivity contribution in [2.75, 3.05) is 35.6 Å². The number of para-hydroxylation sites is 1. The molecule has 9 heteroatoms. The molecule has 1 aliphatic heterocycles. The number of nitrogens with zero attached hydrogens (tertiary/aromatic N) is 1. The number of ether oxygens (including phenoxy) is 1. The number of sulfonamides is 1. The number of rotatable bonds is 10. The van der Waals surface area contributed by atoms with Gasteiger partial charge in [-0.25, -0.2) is 8.42 Å². The molecule has 1 atom stereocenters. The molecule has 0 radical (unpaired) electrons. The van der Waals surface area contributed by atoms with Crippen molar-refractivity contribution in [1.29, 1.82) is 0 Å². The summed E-state index contributed by atoms with van der Waals surface area (Å²) in [6.07, 6.45) is 3.55. The minimum absolute atomic E-state index is 0.0297. The van der Waals surface area contributed by atoms with Gasteiger partial charge in [-0.1, -0.05) is 29.8 Å². The summed E-state index contributed by atoms with van der Waals surface area (Å²) >= 11 is 0. The Morgan fingerprint density at radius 1 is 1.12 bits per heavy atom. The maximum Gasteiger partial charge on any atom is 0.253 e. The van der Waals surface area contributed by atoms with Crippen molar-refractivity contribution >= 4 is 33.2 Å². The maximum atomic E-state index is 12.6. The Kier molecular flexibility index (Phi) is 8.46. The average Bonchev–Trinajstić information content (AvgIpc) is 3.29. The van der Waals surface area contributed by atoms with E-state index in [-0.39, 0.29) is 30.9 Å². The fraction of sp³-hybridized carbons (Fsp3) is 0.417. The summed E-state index contributed by atoms with van der Waals surface area (Å²) in [6, 6.07) is 14.0. The number of benzene rings is 2. The van der Waals surface area contributed by atoms with Crippen LogP contribution in [0.5, 0.6) is 0 Å². The topological polar surface area (TPSA) is 105 Å². The zero-order valence-corrected chi connectivity index (χ0v) is 19.9. The SMILES string of the molecule is Cc1ccc(N(CCCC(=O)Nc2ccccc2C(=O)NC[C@@H]2CCCO2)S(C)(=O)=O)cc1. The van der Waals surface area contributed by atoms with Gasteiger partial charge in [-0.05, 0) is 50.5 Å². The van der Waals surface area contributed by atoms with E-state index in [4.69, 9.17) is 4.74 Å². The Hall–Kier alpha value is -2.91. The highest BCUT2D eigenvalue weighted by atomic mass is 32.2. The highest BCUT2D eigenvalue weighted by Gasteiger charge is 2.20. The molecular formula is C24H31N3O5S.